The molecule has 2 rings (SSSR count). The van der Waals surface area contributed by atoms with Crippen LogP contribution in [0.15, 0.2) is 48.5 Å². The van der Waals surface area contributed by atoms with Crippen molar-refractivity contribution in [3.05, 3.63) is 59.7 Å². The highest BCUT2D eigenvalue weighted by atomic mass is 16.1. The van der Waals surface area contributed by atoms with Gasteiger partial charge >= 0.3 is 0 Å². The van der Waals surface area contributed by atoms with Crippen LogP contribution >= 0.6 is 0 Å². The van der Waals surface area contributed by atoms with Gasteiger partial charge in [-0.2, -0.15) is 0 Å². The maximum Gasteiger partial charge on any atom is 0.150 e. The number of carbonyl (C=O) groups excluding carboxylic acids is 2. The van der Waals surface area contributed by atoms with E-state index >= 15 is 0 Å². The second kappa shape index (κ2) is 6.85. The van der Waals surface area contributed by atoms with Crippen molar-refractivity contribution in [2.45, 2.75) is 0 Å². The number of carbonyl (C=O) groups is 2. The first-order valence-corrected chi connectivity index (χ1v) is 5.27. The molecule has 2 aromatic carbocycles. The third-order valence-electron chi connectivity index (χ3n) is 2.09. The van der Waals surface area contributed by atoms with E-state index in [0.717, 1.165) is 12.6 Å². The summed E-state index contributed by atoms with van der Waals surface area (Å²) >= 11 is 0. The molecule has 0 radical (unpaired) electrons. The Hall–Kier alpha value is -2.62. The monoisotopic (exact) mass is 242 g/mol. The Balaban J connectivity index is 0.000000180. The number of nitrogens with two attached hydrogens (primary N) is 2. The molecule has 0 amide bonds. The lowest BCUT2D eigenvalue weighted by atomic mass is 10.2. The van der Waals surface area contributed by atoms with Crippen molar-refractivity contribution in [3.63, 3.8) is 0 Å². The van der Waals surface area contributed by atoms with Crippen LogP contribution in [0.1, 0.15) is 20.7 Å². The van der Waals surface area contributed by atoms with Gasteiger partial charge in [0.25, 0.3) is 0 Å². The normalized spacial score (nSPS) is 8.89. The van der Waals surface area contributed by atoms with Gasteiger partial charge in [-0.1, -0.05) is 24.3 Å². The highest BCUT2D eigenvalue weighted by Gasteiger charge is 1.87. The molecule has 2 aromatic rings. The minimum Gasteiger partial charge on any atom is -0.399 e. The second-order valence-electron chi connectivity index (χ2n) is 3.58. The van der Waals surface area contributed by atoms with Crippen LogP contribution in [0, 0.1) is 0 Å². The molecule has 0 aromatic heterocycles. The summed E-state index contributed by atoms with van der Waals surface area (Å²) in [7, 11) is 0. The van der Waals surface area contributed by atoms with Crippen LogP contribution in [0.4, 0.5) is 11.4 Å². The van der Waals surface area contributed by atoms with Crippen molar-refractivity contribution in [1.29, 1.82) is 0 Å². The minimum absolute atomic E-state index is 0.620. The highest BCUT2D eigenvalue weighted by molar-refractivity contribution is 5.76. The molecule has 18 heavy (non-hydrogen) atoms. The van der Waals surface area contributed by atoms with Crippen LogP contribution in [0.3, 0.4) is 0 Å². The van der Waals surface area contributed by atoms with Crippen molar-refractivity contribution in [3.8, 4) is 0 Å². The molecule has 0 spiro atoms. The molecule has 4 N–H and O–H groups in total. The SMILES string of the molecule is Nc1cccc(C=O)c1.Nc1cccc(C=O)c1. The Labute approximate surface area is 105 Å². The smallest absolute Gasteiger partial charge is 0.150 e. The quantitative estimate of drug-likeness (QED) is 0.624. The fourth-order valence-corrected chi connectivity index (χ4v) is 1.26. The Morgan fingerprint density at radius 1 is 0.722 bits per heavy atom. The summed E-state index contributed by atoms with van der Waals surface area (Å²) in [6.45, 7) is 0. The zero-order valence-electron chi connectivity index (χ0n) is 9.74. The van der Waals surface area contributed by atoms with Crippen LogP contribution in [0.2, 0.25) is 0 Å². The number of benzene rings is 2. The van der Waals surface area contributed by atoms with Gasteiger partial charge in [-0.15, -0.1) is 0 Å². The van der Waals surface area contributed by atoms with Gasteiger partial charge in [-0.05, 0) is 24.3 Å². The molecule has 0 aliphatic carbocycles. The van der Waals surface area contributed by atoms with E-state index < -0.39 is 0 Å². The van der Waals surface area contributed by atoms with E-state index in [9.17, 15) is 9.59 Å². The summed E-state index contributed by atoms with van der Waals surface area (Å²) in [6, 6.07) is 13.7. The first kappa shape index (κ1) is 13.4. The Morgan fingerprint density at radius 3 is 1.33 bits per heavy atom. The Bertz CT molecular complexity index is 489. The highest BCUT2D eigenvalue weighted by Crippen LogP contribution is 2.03. The average Bonchev–Trinajstić information content (AvgIpc) is 2.39. The summed E-state index contributed by atoms with van der Waals surface area (Å²) in [4.78, 5) is 20.2. The van der Waals surface area contributed by atoms with E-state index in [0.29, 0.717) is 22.5 Å². The van der Waals surface area contributed by atoms with Crippen LogP contribution in [0.25, 0.3) is 0 Å². The minimum atomic E-state index is 0.620. The molecular formula is C14H14N2O2. The number of aldehydes is 2. The van der Waals surface area contributed by atoms with Gasteiger partial charge in [0, 0.05) is 22.5 Å². The summed E-state index contributed by atoms with van der Waals surface area (Å²) in [6.07, 6.45) is 1.55. The van der Waals surface area contributed by atoms with E-state index in [1.807, 2.05) is 0 Å². The van der Waals surface area contributed by atoms with Crippen LogP contribution < -0.4 is 11.5 Å². The molecule has 0 bridgehead atoms. The molecule has 0 aliphatic heterocycles. The standard InChI is InChI=1S/2C7H7NO/c2*8-7-3-1-2-6(4-7)5-9/h2*1-5H,8H2. The zero-order valence-corrected chi connectivity index (χ0v) is 9.74. The third-order valence-corrected chi connectivity index (χ3v) is 2.09. The van der Waals surface area contributed by atoms with Gasteiger partial charge in [0.1, 0.15) is 12.6 Å². The van der Waals surface area contributed by atoms with Crippen molar-refractivity contribution in [2.24, 2.45) is 0 Å². The molecule has 0 heterocycles. The molecule has 0 unspecified atom stereocenters. The van der Waals surface area contributed by atoms with Gasteiger partial charge in [0.2, 0.25) is 0 Å². The lowest BCUT2D eigenvalue weighted by molar-refractivity contribution is 0.111. The zero-order chi connectivity index (χ0) is 13.4. The molecule has 92 valence electrons. The fourth-order valence-electron chi connectivity index (χ4n) is 1.26. The molecule has 0 saturated heterocycles. The van der Waals surface area contributed by atoms with Crippen LogP contribution in [-0.4, -0.2) is 12.6 Å². The Morgan fingerprint density at radius 2 is 1.11 bits per heavy atom. The number of hydrogen-bond acceptors (Lipinski definition) is 4. The molecule has 4 nitrogen and oxygen atoms in total. The summed E-state index contributed by atoms with van der Waals surface area (Å²) < 4.78 is 0. The van der Waals surface area contributed by atoms with E-state index in [2.05, 4.69) is 0 Å². The molecule has 0 fully saturated rings. The molecule has 0 aliphatic rings. The van der Waals surface area contributed by atoms with Crippen LogP contribution in [0.5, 0.6) is 0 Å². The predicted octanol–water partition coefficient (Wildman–Crippen LogP) is 2.16. The lowest BCUT2D eigenvalue weighted by Gasteiger charge is -1.90. The first-order chi connectivity index (χ1) is 8.65. The number of anilines is 2. The lowest BCUT2D eigenvalue weighted by Crippen LogP contribution is -1.85. The van der Waals surface area contributed by atoms with Gasteiger partial charge in [0.15, 0.2) is 0 Å². The average molecular weight is 242 g/mol. The van der Waals surface area contributed by atoms with E-state index in [4.69, 9.17) is 11.5 Å². The second-order valence-corrected chi connectivity index (χ2v) is 3.58. The van der Waals surface area contributed by atoms with E-state index in [1.165, 1.54) is 0 Å². The maximum atomic E-state index is 10.1. The fraction of sp³-hybridized carbons (Fsp3) is 0. The molecular weight excluding hydrogens is 228 g/mol. The molecule has 0 atom stereocenters. The molecule has 4 heteroatoms. The van der Waals surface area contributed by atoms with E-state index in [-0.39, 0.29) is 0 Å². The van der Waals surface area contributed by atoms with Crippen molar-refractivity contribution >= 4 is 23.9 Å². The third kappa shape index (κ3) is 4.49. The molecule has 0 saturated carbocycles. The van der Waals surface area contributed by atoms with Gasteiger partial charge in [-0.25, -0.2) is 0 Å². The van der Waals surface area contributed by atoms with Gasteiger partial charge < -0.3 is 11.5 Å². The van der Waals surface area contributed by atoms with E-state index in [1.54, 1.807) is 48.5 Å². The summed E-state index contributed by atoms with van der Waals surface area (Å²) in [5, 5.41) is 0. The number of nitrogen functional groups attached to an aromatic ring is 2. The van der Waals surface area contributed by atoms with Crippen molar-refractivity contribution in [1.82, 2.24) is 0 Å². The maximum absolute atomic E-state index is 10.1. The predicted molar refractivity (Wildman–Crippen MR) is 72.5 cm³/mol. The Kier molecular flexibility index (Phi) is 5.12. The van der Waals surface area contributed by atoms with Crippen molar-refractivity contribution < 1.29 is 9.59 Å². The largest absolute Gasteiger partial charge is 0.399 e. The first-order valence-electron chi connectivity index (χ1n) is 5.27. The van der Waals surface area contributed by atoms with Crippen LogP contribution in [-0.2, 0) is 0 Å². The van der Waals surface area contributed by atoms with Crippen molar-refractivity contribution in [2.75, 3.05) is 11.5 Å². The topological polar surface area (TPSA) is 86.2 Å². The number of hydrogen-bond donors (Lipinski definition) is 2. The van der Waals surface area contributed by atoms with Gasteiger partial charge in [0.05, 0.1) is 0 Å². The van der Waals surface area contributed by atoms with Gasteiger partial charge in [-0.3, -0.25) is 9.59 Å². The number of rotatable bonds is 2. The summed E-state index contributed by atoms with van der Waals surface area (Å²) in [5.74, 6) is 0. The summed E-state index contributed by atoms with van der Waals surface area (Å²) in [5.41, 5.74) is 13.2.